The SMILES string of the molecule is COc1cc(OC)c(CN2C[C@@H](C(=O)O)[C@H](C3CC3)C2)cc1Cl. The van der Waals surface area contributed by atoms with Gasteiger partial charge in [0.05, 0.1) is 25.2 Å². The fourth-order valence-corrected chi connectivity index (χ4v) is 3.86. The molecule has 2 atom stereocenters. The summed E-state index contributed by atoms with van der Waals surface area (Å²) in [5, 5.41) is 10.0. The number of halogens is 1. The van der Waals surface area contributed by atoms with Crippen molar-refractivity contribution < 1.29 is 19.4 Å². The van der Waals surface area contributed by atoms with E-state index < -0.39 is 5.97 Å². The number of carboxylic acids is 1. The average Bonchev–Trinajstić information content (AvgIpc) is 3.28. The normalized spacial score (nSPS) is 24.7. The molecular weight excluding hydrogens is 318 g/mol. The molecule has 1 aromatic rings. The summed E-state index contributed by atoms with van der Waals surface area (Å²) in [6.07, 6.45) is 2.33. The van der Waals surface area contributed by atoms with Crippen LogP contribution in [0, 0.1) is 17.8 Å². The molecule has 1 aliphatic carbocycles. The Morgan fingerprint density at radius 1 is 1.26 bits per heavy atom. The number of ether oxygens (including phenoxy) is 2. The van der Waals surface area contributed by atoms with Crippen molar-refractivity contribution in [2.24, 2.45) is 17.8 Å². The van der Waals surface area contributed by atoms with Crippen molar-refractivity contribution in [2.75, 3.05) is 27.3 Å². The standard InChI is InChI=1S/C17H22ClNO4/c1-22-15-6-16(23-2)14(18)5-11(15)7-19-8-12(10-3-4-10)13(9-19)17(20)21/h5-6,10,12-13H,3-4,7-9H2,1-2H3,(H,20,21)/t12-,13+/m0/s1. The minimum absolute atomic E-state index is 0.262. The van der Waals surface area contributed by atoms with Gasteiger partial charge in [0.2, 0.25) is 0 Å². The zero-order chi connectivity index (χ0) is 16.6. The first-order valence-electron chi connectivity index (χ1n) is 7.89. The van der Waals surface area contributed by atoms with E-state index in [0.29, 0.717) is 35.5 Å². The van der Waals surface area contributed by atoms with Gasteiger partial charge in [-0.25, -0.2) is 0 Å². The van der Waals surface area contributed by atoms with Crippen LogP contribution in [0.25, 0.3) is 0 Å². The Morgan fingerprint density at radius 3 is 2.52 bits per heavy atom. The third-order valence-corrected chi connectivity index (χ3v) is 5.23. The molecule has 1 aliphatic heterocycles. The van der Waals surface area contributed by atoms with E-state index >= 15 is 0 Å². The van der Waals surface area contributed by atoms with Gasteiger partial charge in [-0.05, 0) is 30.7 Å². The predicted octanol–water partition coefficient (Wildman–Crippen LogP) is 2.90. The highest BCUT2D eigenvalue weighted by atomic mass is 35.5. The van der Waals surface area contributed by atoms with Gasteiger partial charge in [0.15, 0.2) is 0 Å². The third-order valence-electron chi connectivity index (χ3n) is 4.93. The van der Waals surface area contributed by atoms with Gasteiger partial charge < -0.3 is 14.6 Å². The fraction of sp³-hybridized carbons (Fsp3) is 0.588. The molecule has 0 bridgehead atoms. The van der Waals surface area contributed by atoms with Crippen LogP contribution in [-0.4, -0.2) is 43.3 Å². The van der Waals surface area contributed by atoms with Crippen LogP contribution in [0.2, 0.25) is 5.02 Å². The number of carbonyl (C=O) groups is 1. The number of carboxylic acid groups (broad SMARTS) is 1. The number of aliphatic carboxylic acids is 1. The fourth-order valence-electron chi connectivity index (χ4n) is 3.59. The Balaban J connectivity index is 1.77. The summed E-state index contributed by atoms with van der Waals surface area (Å²) in [5.41, 5.74) is 0.957. The topological polar surface area (TPSA) is 59.0 Å². The van der Waals surface area contributed by atoms with E-state index in [1.165, 1.54) is 12.8 Å². The molecule has 2 aliphatic rings. The second kappa shape index (κ2) is 6.57. The Kier molecular flexibility index (Phi) is 4.69. The summed E-state index contributed by atoms with van der Waals surface area (Å²) < 4.78 is 10.6. The van der Waals surface area contributed by atoms with Gasteiger partial charge in [-0.15, -0.1) is 0 Å². The Bertz CT molecular complexity index is 603. The summed E-state index contributed by atoms with van der Waals surface area (Å²) in [7, 11) is 3.18. The largest absolute Gasteiger partial charge is 0.496 e. The number of hydrogen-bond acceptors (Lipinski definition) is 4. The molecular formula is C17H22ClNO4. The first-order valence-corrected chi connectivity index (χ1v) is 8.26. The lowest BCUT2D eigenvalue weighted by Gasteiger charge is -2.19. The van der Waals surface area contributed by atoms with Crippen molar-refractivity contribution in [1.29, 1.82) is 0 Å². The van der Waals surface area contributed by atoms with Crippen LogP contribution in [0.15, 0.2) is 12.1 Å². The zero-order valence-electron chi connectivity index (χ0n) is 13.4. The van der Waals surface area contributed by atoms with E-state index in [4.69, 9.17) is 21.1 Å². The van der Waals surface area contributed by atoms with Crippen LogP contribution in [0.4, 0.5) is 0 Å². The summed E-state index contributed by atoms with van der Waals surface area (Å²) >= 11 is 6.22. The molecule has 0 radical (unpaired) electrons. The van der Waals surface area contributed by atoms with Crippen LogP contribution in [0.3, 0.4) is 0 Å². The molecule has 1 N–H and O–H groups in total. The number of benzene rings is 1. The molecule has 0 spiro atoms. The summed E-state index contributed by atoms with van der Waals surface area (Å²) in [5.74, 6) is 1.21. The van der Waals surface area contributed by atoms with E-state index in [1.807, 2.05) is 6.07 Å². The van der Waals surface area contributed by atoms with Crippen molar-refractivity contribution in [3.8, 4) is 11.5 Å². The lowest BCUT2D eigenvalue weighted by molar-refractivity contribution is -0.142. The number of rotatable bonds is 6. The van der Waals surface area contributed by atoms with Crippen LogP contribution in [0.5, 0.6) is 11.5 Å². The highest BCUT2D eigenvalue weighted by molar-refractivity contribution is 6.32. The van der Waals surface area contributed by atoms with Crippen molar-refractivity contribution in [3.05, 3.63) is 22.7 Å². The molecule has 2 fully saturated rings. The minimum Gasteiger partial charge on any atom is -0.496 e. The maximum absolute atomic E-state index is 11.5. The second-order valence-corrected chi connectivity index (χ2v) is 6.85. The Morgan fingerprint density at radius 2 is 1.96 bits per heavy atom. The molecule has 1 aromatic carbocycles. The van der Waals surface area contributed by atoms with Crippen LogP contribution in [-0.2, 0) is 11.3 Å². The number of hydrogen-bond donors (Lipinski definition) is 1. The van der Waals surface area contributed by atoms with Crippen molar-refractivity contribution in [1.82, 2.24) is 4.90 Å². The molecule has 0 aromatic heterocycles. The van der Waals surface area contributed by atoms with E-state index in [9.17, 15) is 9.90 Å². The monoisotopic (exact) mass is 339 g/mol. The zero-order valence-corrected chi connectivity index (χ0v) is 14.2. The summed E-state index contributed by atoms with van der Waals surface area (Å²) in [4.78, 5) is 13.7. The van der Waals surface area contributed by atoms with Crippen LogP contribution >= 0.6 is 11.6 Å². The average molecular weight is 340 g/mol. The van der Waals surface area contributed by atoms with Crippen LogP contribution < -0.4 is 9.47 Å². The van der Waals surface area contributed by atoms with Gasteiger partial charge in [0.1, 0.15) is 11.5 Å². The molecule has 126 valence electrons. The summed E-state index contributed by atoms with van der Waals surface area (Å²) in [6, 6.07) is 3.63. The van der Waals surface area contributed by atoms with Gasteiger partial charge in [-0.3, -0.25) is 9.69 Å². The molecule has 3 rings (SSSR count). The van der Waals surface area contributed by atoms with Gasteiger partial charge in [0, 0.05) is 31.3 Å². The smallest absolute Gasteiger partial charge is 0.308 e. The van der Waals surface area contributed by atoms with Gasteiger partial charge in [-0.1, -0.05) is 11.6 Å². The molecule has 5 nitrogen and oxygen atoms in total. The van der Waals surface area contributed by atoms with E-state index in [2.05, 4.69) is 4.90 Å². The van der Waals surface area contributed by atoms with E-state index in [-0.39, 0.29) is 11.8 Å². The lowest BCUT2D eigenvalue weighted by atomic mass is 9.92. The first-order chi connectivity index (χ1) is 11.0. The van der Waals surface area contributed by atoms with Gasteiger partial charge >= 0.3 is 5.97 Å². The van der Waals surface area contributed by atoms with Crippen LogP contribution in [0.1, 0.15) is 18.4 Å². The van der Waals surface area contributed by atoms with Gasteiger partial charge in [0.25, 0.3) is 0 Å². The van der Waals surface area contributed by atoms with Crippen molar-refractivity contribution in [2.45, 2.75) is 19.4 Å². The highest BCUT2D eigenvalue weighted by Crippen LogP contribution is 2.44. The first kappa shape index (κ1) is 16.4. The predicted molar refractivity (Wildman–Crippen MR) is 87.2 cm³/mol. The number of nitrogens with zero attached hydrogens (tertiary/aromatic N) is 1. The third kappa shape index (κ3) is 3.40. The molecule has 1 heterocycles. The Hall–Kier alpha value is -1.46. The highest BCUT2D eigenvalue weighted by Gasteiger charge is 2.45. The molecule has 1 saturated carbocycles. The number of likely N-dealkylation sites (tertiary alicyclic amines) is 1. The summed E-state index contributed by atoms with van der Waals surface area (Å²) in [6.45, 7) is 2.05. The molecule has 0 unspecified atom stereocenters. The lowest BCUT2D eigenvalue weighted by Crippen LogP contribution is -2.24. The molecule has 0 amide bonds. The molecule has 1 saturated heterocycles. The molecule has 23 heavy (non-hydrogen) atoms. The van der Waals surface area contributed by atoms with E-state index in [1.54, 1.807) is 20.3 Å². The van der Waals surface area contributed by atoms with E-state index in [0.717, 1.165) is 12.1 Å². The quantitative estimate of drug-likeness (QED) is 0.863. The maximum Gasteiger partial charge on any atom is 0.308 e. The van der Waals surface area contributed by atoms with Gasteiger partial charge in [-0.2, -0.15) is 0 Å². The second-order valence-electron chi connectivity index (χ2n) is 6.44. The minimum atomic E-state index is -0.677. The maximum atomic E-state index is 11.5. The number of methoxy groups -OCH3 is 2. The van der Waals surface area contributed by atoms with Crippen molar-refractivity contribution >= 4 is 17.6 Å². The Labute approximate surface area is 141 Å². The molecule has 6 heteroatoms. The van der Waals surface area contributed by atoms with Crippen molar-refractivity contribution in [3.63, 3.8) is 0 Å².